The summed E-state index contributed by atoms with van der Waals surface area (Å²) in [5, 5.41) is 7.78. The van der Waals surface area contributed by atoms with Crippen LogP contribution in [0.15, 0.2) is 42.6 Å². The third kappa shape index (κ3) is 4.16. The number of nitrogens with one attached hydrogen (secondary N) is 1. The normalized spacial score (nSPS) is 12.8. The van der Waals surface area contributed by atoms with Crippen LogP contribution in [0.2, 0.25) is 0 Å². The Morgan fingerprint density at radius 2 is 1.86 bits per heavy atom. The Morgan fingerprint density at radius 3 is 2.43 bits per heavy atom. The number of aryl methyl sites for hydroxylation is 1. The molecule has 0 fully saturated rings. The second-order valence-corrected chi connectivity index (χ2v) is 5.22. The fraction of sp³-hybridized carbons (Fsp3) is 0.471. The third-order valence-corrected chi connectivity index (χ3v) is 4.00. The summed E-state index contributed by atoms with van der Waals surface area (Å²) < 4.78 is 1.92. The summed E-state index contributed by atoms with van der Waals surface area (Å²) in [6, 6.07) is 13.2. The molecule has 0 aliphatic carbocycles. The SMILES string of the molecule is CCN(CC)C(CNCc1ccnn1C)c1ccccc1. The lowest BCUT2D eigenvalue weighted by Crippen LogP contribution is -2.35. The van der Waals surface area contributed by atoms with Crippen molar-refractivity contribution >= 4 is 0 Å². The lowest BCUT2D eigenvalue weighted by molar-refractivity contribution is 0.212. The van der Waals surface area contributed by atoms with Gasteiger partial charge in [0.1, 0.15) is 0 Å². The van der Waals surface area contributed by atoms with Gasteiger partial charge in [-0.3, -0.25) is 9.58 Å². The minimum Gasteiger partial charge on any atom is -0.309 e. The first-order chi connectivity index (χ1) is 10.3. The average molecular weight is 286 g/mol. The molecule has 0 aliphatic heterocycles. The zero-order valence-electron chi connectivity index (χ0n) is 13.3. The Kier molecular flexibility index (Phi) is 5.96. The average Bonchev–Trinajstić information content (AvgIpc) is 2.93. The van der Waals surface area contributed by atoms with Crippen molar-refractivity contribution in [2.75, 3.05) is 19.6 Å². The summed E-state index contributed by atoms with van der Waals surface area (Å²) in [7, 11) is 1.98. The van der Waals surface area contributed by atoms with Crippen LogP contribution in [0.5, 0.6) is 0 Å². The molecule has 0 radical (unpaired) electrons. The van der Waals surface area contributed by atoms with E-state index in [1.165, 1.54) is 11.3 Å². The standard InChI is InChI=1S/C17H26N4/c1-4-21(5-2)17(15-9-7-6-8-10-15)14-18-13-16-11-12-19-20(16)3/h6-12,17-18H,4-5,13-14H2,1-3H3. The van der Waals surface area contributed by atoms with E-state index in [0.29, 0.717) is 6.04 Å². The van der Waals surface area contributed by atoms with Gasteiger partial charge in [-0.2, -0.15) is 5.10 Å². The van der Waals surface area contributed by atoms with Crippen LogP contribution in [0.4, 0.5) is 0 Å². The van der Waals surface area contributed by atoms with Crippen molar-refractivity contribution in [1.29, 1.82) is 0 Å². The predicted molar refractivity (Wildman–Crippen MR) is 87.0 cm³/mol. The molecular weight excluding hydrogens is 260 g/mol. The molecule has 1 heterocycles. The van der Waals surface area contributed by atoms with Crippen LogP contribution >= 0.6 is 0 Å². The fourth-order valence-electron chi connectivity index (χ4n) is 2.71. The highest BCUT2D eigenvalue weighted by Crippen LogP contribution is 2.19. The van der Waals surface area contributed by atoms with E-state index in [9.17, 15) is 0 Å². The number of hydrogen-bond donors (Lipinski definition) is 1. The molecule has 0 bridgehead atoms. The highest BCUT2D eigenvalue weighted by Gasteiger charge is 2.17. The zero-order chi connectivity index (χ0) is 15.1. The Bertz CT molecular complexity index is 517. The first-order valence-corrected chi connectivity index (χ1v) is 7.72. The van der Waals surface area contributed by atoms with Crippen molar-refractivity contribution < 1.29 is 0 Å². The molecule has 21 heavy (non-hydrogen) atoms. The van der Waals surface area contributed by atoms with Crippen LogP contribution in [0.1, 0.15) is 31.1 Å². The van der Waals surface area contributed by atoms with E-state index in [2.05, 4.69) is 65.6 Å². The summed E-state index contributed by atoms with van der Waals surface area (Å²) in [5.74, 6) is 0. The molecule has 0 aliphatic rings. The largest absolute Gasteiger partial charge is 0.309 e. The van der Waals surface area contributed by atoms with Gasteiger partial charge >= 0.3 is 0 Å². The Labute approximate surface area is 127 Å². The monoisotopic (exact) mass is 286 g/mol. The molecule has 0 saturated carbocycles. The lowest BCUT2D eigenvalue weighted by atomic mass is 10.1. The quantitative estimate of drug-likeness (QED) is 0.810. The number of hydrogen-bond acceptors (Lipinski definition) is 3. The van der Waals surface area contributed by atoms with Crippen LogP contribution in [0, 0.1) is 0 Å². The molecule has 114 valence electrons. The van der Waals surface area contributed by atoms with Crippen LogP contribution in [-0.4, -0.2) is 34.3 Å². The minimum absolute atomic E-state index is 0.412. The topological polar surface area (TPSA) is 33.1 Å². The molecule has 4 nitrogen and oxygen atoms in total. The van der Waals surface area contributed by atoms with Gasteiger partial charge in [-0.15, -0.1) is 0 Å². The molecule has 2 aromatic rings. The van der Waals surface area contributed by atoms with Crippen molar-refractivity contribution in [3.8, 4) is 0 Å². The maximum Gasteiger partial charge on any atom is 0.0518 e. The van der Waals surface area contributed by atoms with Crippen LogP contribution in [0.25, 0.3) is 0 Å². The molecule has 0 saturated heterocycles. The van der Waals surface area contributed by atoms with Crippen molar-refractivity contribution in [2.24, 2.45) is 7.05 Å². The van der Waals surface area contributed by atoms with Gasteiger partial charge in [0.15, 0.2) is 0 Å². The van der Waals surface area contributed by atoms with E-state index < -0.39 is 0 Å². The minimum atomic E-state index is 0.412. The van der Waals surface area contributed by atoms with Gasteiger partial charge in [0.25, 0.3) is 0 Å². The molecule has 2 rings (SSSR count). The second kappa shape index (κ2) is 7.96. The van der Waals surface area contributed by atoms with Gasteiger partial charge < -0.3 is 5.32 Å². The van der Waals surface area contributed by atoms with Gasteiger partial charge in [0, 0.05) is 32.4 Å². The van der Waals surface area contributed by atoms with Crippen molar-refractivity contribution in [3.63, 3.8) is 0 Å². The van der Waals surface area contributed by atoms with Crippen molar-refractivity contribution in [3.05, 3.63) is 53.9 Å². The van der Waals surface area contributed by atoms with Gasteiger partial charge in [-0.25, -0.2) is 0 Å². The zero-order valence-corrected chi connectivity index (χ0v) is 13.3. The number of aromatic nitrogens is 2. The second-order valence-electron chi connectivity index (χ2n) is 5.22. The maximum atomic E-state index is 4.21. The summed E-state index contributed by atoms with van der Waals surface area (Å²) >= 11 is 0. The summed E-state index contributed by atoms with van der Waals surface area (Å²) in [6.45, 7) is 8.35. The van der Waals surface area contributed by atoms with Crippen LogP contribution in [0.3, 0.4) is 0 Å². The Balaban J connectivity index is 2.01. The first-order valence-electron chi connectivity index (χ1n) is 7.72. The van der Waals surface area contributed by atoms with E-state index in [4.69, 9.17) is 0 Å². The molecule has 1 aromatic carbocycles. The Hall–Kier alpha value is -1.65. The maximum absolute atomic E-state index is 4.21. The van der Waals surface area contributed by atoms with E-state index in [-0.39, 0.29) is 0 Å². The molecule has 1 aromatic heterocycles. The van der Waals surface area contributed by atoms with Crippen LogP contribution in [-0.2, 0) is 13.6 Å². The summed E-state index contributed by atoms with van der Waals surface area (Å²) in [6.07, 6.45) is 1.84. The van der Waals surface area contributed by atoms with Gasteiger partial charge in [-0.05, 0) is 24.7 Å². The van der Waals surface area contributed by atoms with E-state index >= 15 is 0 Å². The molecule has 1 N–H and O–H groups in total. The molecular formula is C17H26N4. The van der Waals surface area contributed by atoms with E-state index in [1.807, 2.05) is 17.9 Å². The smallest absolute Gasteiger partial charge is 0.0518 e. The lowest BCUT2D eigenvalue weighted by Gasteiger charge is -2.30. The predicted octanol–water partition coefficient (Wildman–Crippen LogP) is 2.59. The molecule has 0 spiro atoms. The third-order valence-electron chi connectivity index (χ3n) is 4.00. The summed E-state index contributed by atoms with van der Waals surface area (Å²) in [5.41, 5.74) is 2.58. The molecule has 4 heteroatoms. The molecule has 1 unspecified atom stereocenters. The van der Waals surface area contributed by atoms with Gasteiger partial charge in [-0.1, -0.05) is 44.2 Å². The highest BCUT2D eigenvalue weighted by atomic mass is 15.3. The van der Waals surface area contributed by atoms with Gasteiger partial charge in [0.05, 0.1) is 5.69 Å². The first kappa shape index (κ1) is 15.7. The number of benzene rings is 1. The number of likely N-dealkylation sites (N-methyl/N-ethyl adjacent to an activating group) is 1. The van der Waals surface area contributed by atoms with Crippen molar-refractivity contribution in [1.82, 2.24) is 20.0 Å². The van der Waals surface area contributed by atoms with Gasteiger partial charge in [0.2, 0.25) is 0 Å². The van der Waals surface area contributed by atoms with Crippen molar-refractivity contribution in [2.45, 2.75) is 26.4 Å². The fourth-order valence-corrected chi connectivity index (χ4v) is 2.71. The number of nitrogens with zero attached hydrogens (tertiary/aromatic N) is 3. The molecule has 0 amide bonds. The molecule has 1 atom stereocenters. The number of rotatable bonds is 8. The highest BCUT2D eigenvalue weighted by molar-refractivity contribution is 5.19. The summed E-state index contributed by atoms with van der Waals surface area (Å²) in [4.78, 5) is 2.49. The van der Waals surface area contributed by atoms with E-state index in [0.717, 1.165) is 26.2 Å². The Morgan fingerprint density at radius 1 is 1.14 bits per heavy atom. The van der Waals surface area contributed by atoms with E-state index in [1.54, 1.807) is 0 Å². The van der Waals surface area contributed by atoms with Crippen LogP contribution < -0.4 is 5.32 Å².